The minimum atomic E-state index is -0.165. The number of ether oxygens (including phenoxy) is 1. The van der Waals surface area contributed by atoms with Crippen molar-refractivity contribution in [3.63, 3.8) is 0 Å². The Balaban J connectivity index is 2.21. The molecular formula is C12H14O2. The summed E-state index contributed by atoms with van der Waals surface area (Å²) in [6, 6.07) is 7.66. The van der Waals surface area contributed by atoms with E-state index in [0.29, 0.717) is 0 Å². The molecule has 0 N–H and O–H groups in total. The molecule has 1 atom stereocenters. The largest absolute Gasteiger partial charge is 0.454 e. The normalized spacial score (nSPS) is 19.2. The Morgan fingerprint density at radius 3 is 2.93 bits per heavy atom. The second kappa shape index (κ2) is 3.82. The van der Waals surface area contributed by atoms with E-state index in [9.17, 15) is 4.79 Å². The van der Waals surface area contributed by atoms with Gasteiger partial charge < -0.3 is 4.74 Å². The smallest absolute Gasteiger partial charge is 0.339 e. The maximum Gasteiger partial charge on any atom is 0.339 e. The predicted molar refractivity (Wildman–Crippen MR) is 54.1 cm³/mol. The van der Waals surface area contributed by atoms with Gasteiger partial charge in [0.2, 0.25) is 0 Å². The minimum absolute atomic E-state index is 0.00125. The van der Waals surface area contributed by atoms with Crippen LogP contribution in [0.3, 0.4) is 0 Å². The maximum atomic E-state index is 11.4. The van der Waals surface area contributed by atoms with Crippen LogP contribution in [-0.4, -0.2) is 5.97 Å². The molecule has 0 aromatic heterocycles. The molecule has 0 amide bonds. The monoisotopic (exact) mass is 190 g/mol. The summed E-state index contributed by atoms with van der Waals surface area (Å²) in [6.45, 7) is 2.14. The van der Waals surface area contributed by atoms with Gasteiger partial charge in [-0.15, -0.1) is 0 Å². The molecule has 0 aliphatic carbocycles. The molecule has 0 unspecified atom stereocenters. The first-order chi connectivity index (χ1) is 6.83. The zero-order chi connectivity index (χ0) is 9.97. The van der Waals surface area contributed by atoms with E-state index in [0.717, 1.165) is 30.4 Å². The highest BCUT2D eigenvalue weighted by Gasteiger charge is 2.29. The van der Waals surface area contributed by atoms with Gasteiger partial charge in [-0.3, -0.25) is 0 Å². The van der Waals surface area contributed by atoms with Crippen molar-refractivity contribution in [2.45, 2.75) is 32.3 Å². The fourth-order valence-corrected chi connectivity index (χ4v) is 1.82. The van der Waals surface area contributed by atoms with Crippen LogP contribution >= 0.6 is 0 Å². The van der Waals surface area contributed by atoms with Crippen LogP contribution in [0, 0.1) is 0 Å². The molecule has 1 aliphatic rings. The maximum absolute atomic E-state index is 11.4. The van der Waals surface area contributed by atoms with Gasteiger partial charge in [-0.05, 0) is 18.9 Å². The minimum Gasteiger partial charge on any atom is -0.454 e. The Labute approximate surface area is 83.9 Å². The van der Waals surface area contributed by atoms with Gasteiger partial charge in [0.25, 0.3) is 0 Å². The molecule has 74 valence electrons. The lowest BCUT2D eigenvalue weighted by molar-refractivity contribution is 0.0364. The number of hydrogen-bond acceptors (Lipinski definition) is 2. The zero-order valence-electron chi connectivity index (χ0n) is 8.32. The van der Waals surface area contributed by atoms with Gasteiger partial charge in [-0.2, -0.15) is 0 Å². The van der Waals surface area contributed by atoms with E-state index in [1.165, 1.54) is 0 Å². The molecule has 0 saturated heterocycles. The Kier molecular flexibility index (Phi) is 2.53. The number of rotatable bonds is 3. The number of carbonyl (C=O) groups excluding carboxylic acids is 1. The van der Waals surface area contributed by atoms with Crippen molar-refractivity contribution in [2.75, 3.05) is 0 Å². The van der Waals surface area contributed by atoms with Crippen molar-refractivity contribution < 1.29 is 9.53 Å². The third-order valence-corrected chi connectivity index (χ3v) is 2.60. The fourth-order valence-electron chi connectivity index (χ4n) is 1.82. The Morgan fingerprint density at radius 1 is 1.36 bits per heavy atom. The molecule has 1 aromatic rings. The van der Waals surface area contributed by atoms with Crippen LogP contribution in [0.4, 0.5) is 0 Å². The van der Waals surface area contributed by atoms with Gasteiger partial charge in [-0.1, -0.05) is 31.5 Å². The summed E-state index contributed by atoms with van der Waals surface area (Å²) in [5, 5.41) is 0. The molecule has 2 heteroatoms. The zero-order valence-corrected chi connectivity index (χ0v) is 8.32. The fraction of sp³-hybridized carbons (Fsp3) is 0.417. The van der Waals surface area contributed by atoms with Crippen molar-refractivity contribution in [3.05, 3.63) is 35.4 Å². The summed E-state index contributed by atoms with van der Waals surface area (Å²) in [7, 11) is 0. The highest BCUT2D eigenvalue weighted by molar-refractivity contribution is 5.93. The van der Waals surface area contributed by atoms with E-state index < -0.39 is 0 Å². The molecular weight excluding hydrogens is 176 g/mol. The molecule has 0 radical (unpaired) electrons. The van der Waals surface area contributed by atoms with Crippen LogP contribution in [0.15, 0.2) is 24.3 Å². The van der Waals surface area contributed by atoms with E-state index >= 15 is 0 Å². The predicted octanol–water partition coefficient (Wildman–Crippen LogP) is 3.09. The lowest BCUT2D eigenvalue weighted by Gasteiger charge is -2.08. The summed E-state index contributed by atoms with van der Waals surface area (Å²) in [6.07, 6.45) is 3.18. The van der Waals surface area contributed by atoms with Crippen LogP contribution in [0.1, 0.15) is 48.2 Å². The lowest BCUT2D eigenvalue weighted by Crippen LogP contribution is -1.98. The first-order valence-electron chi connectivity index (χ1n) is 5.13. The number of cyclic esters (lactones) is 1. The molecule has 0 bridgehead atoms. The third kappa shape index (κ3) is 1.52. The van der Waals surface area contributed by atoms with Gasteiger partial charge in [0, 0.05) is 5.56 Å². The topological polar surface area (TPSA) is 26.3 Å². The summed E-state index contributed by atoms with van der Waals surface area (Å²) in [4.78, 5) is 11.4. The molecule has 1 heterocycles. The second-order valence-electron chi connectivity index (χ2n) is 3.62. The summed E-state index contributed by atoms with van der Waals surface area (Å²) in [5.74, 6) is -0.165. The highest BCUT2D eigenvalue weighted by atomic mass is 16.5. The van der Waals surface area contributed by atoms with Crippen LogP contribution in [0.2, 0.25) is 0 Å². The number of fused-ring (bicyclic) bond motifs is 1. The number of benzene rings is 1. The van der Waals surface area contributed by atoms with Crippen molar-refractivity contribution in [1.29, 1.82) is 0 Å². The SMILES string of the molecule is CCCC[C@H]1OC(=O)c2ccccc21. The number of hydrogen-bond donors (Lipinski definition) is 0. The standard InChI is InChI=1S/C12H14O2/c1-2-3-8-11-9-6-4-5-7-10(9)12(13)14-11/h4-7,11H,2-3,8H2,1H3/t11-/m1/s1. The molecule has 0 spiro atoms. The quantitative estimate of drug-likeness (QED) is 0.684. The van der Waals surface area contributed by atoms with E-state index in [2.05, 4.69) is 6.92 Å². The van der Waals surface area contributed by atoms with Gasteiger partial charge in [0.15, 0.2) is 0 Å². The van der Waals surface area contributed by atoms with Crippen LogP contribution in [-0.2, 0) is 4.74 Å². The number of esters is 1. The third-order valence-electron chi connectivity index (χ3n) is 2.60. The molecule has 2 rings (SSSR count). The van der Waals surface area contributed by atoms with Crippen LogP contribution in [0.5, 0.6) is 0 Å². The van der Waals surface area contributed by atoms with Crippen molar-refractivity contribution in [3.8, 4) is 0 Å². The Hall–Kier alpha value is -1.31. The molecule has 2 nitrogen and oxygen atoms in total. The molecule has 1 aromatic carbocycles. The molecule has 0 fully saturated rings. The highest BCUT2D eigenvalue weighted by Crippen LogP contribution is 2.33. The number of unbranched alkanes of at least 4 members (excludes halogenated alkanes) is 1. The Morgan fingerprint density at radius 2 is 2.14 bits per heavy atom. The van der Waals surface area contributed by atoms with Gasteiger partial charge in [0.1, 0.15) is 6.10 Å². The first-order valence-corrected chi connectivity index (χ1v) is 5.13. The van der Waals surface area contributed by atoms with Crippen molar-refractivity contribution in [1.82, 2.24) is 0 Å². The lowest BCUT2D eigenvalue weighted by atomic mass is 10.0. The Bertz CT molecular complexity index is 344. The van der Waals surface area contributed by atoms with E-state index in [1.807, 2.05) is 24.3 Å². The number of carbonyl (C=O) groups is 1. The van der Waals surface area contributed by atoms with Crippen molar-refractivity contribution >= 4 is 5.97 Å². The molecule has 0 saturated carbocycles. The van der Waals surface area contributed by atoms with Gasteiger partial charge in [0.05, 0.1) is 5.56 Å². The summed E-state index contributed by atoms with van der Waals surface area (Å²) in [5.41, 5.74) is 1.81. The van der Waals surface area contributed by atoms with E-state index in [-0.39, 0.29) is 12.1 Å². The molecule has 1 aliphatic heterocycles. The van der Waals surface area contributed by atoms with E-state index in [1.54, 1.807) is 0 Å². The van der Waals surface area contributed by atoms with E-state index in [4.69, 9.17) is 4.74 Å². The average Bonchev–Trinajstić information content (AvgIpc) is 2.54. The van der Waals surface area contributed by atoms with Gasteiger partial charge in [-0.25, -0.2) is 4.79 Å². The first kappa shape index (κ1) is 9.25. The summed E-state index contributed by atoms with van der Waals surface area (Å²) < 4.78 is 5.29. The molecule has 14 heavy (non-hydrogen) atoms. The van der Waals surface area contributed by atoms with Gasteiger partial charge >= 0.3 is 5.97 Å². The van der Waals surface area contributed by atoms with Crippen molar-refractivity contribution in [2.24, 2.45) is 0 Å². The van der Waals surface area contributed by atoms with Crippen LogP contribution in [0.25, 0.3) is 0 Å². The average molecular weight is 190 g/mol. The second-order valence-corrected chi connectivity index (χ2v) is 3.62. The van der Waals surface area contributed by atoms with Crippen LogP contribution < -0.4 is 0 Å². The summed E-state index contributed by atoms with van der Waals surface area (Å²) >= 11 is 0.